The molecule has 3 aromatic rings. The molecule has 0 aliphatic rings. The first kappa shape index (κ1) is 18.4. The van der Waals surface area contributed by atoms with Crippen LogP contribution in [0.4, 0.5) is 8.78 Å². The summed E-state index contributed by atoms with van der Waals surface area (Å²) in [5.74, 6) is -0.843. The van der Waals surface area contributed by atoms with Crippen molar-refractivity contribution < 1.29 is 8.78 Å². The van der Waals surface area contributed by atoms with Gasteiger partial charge in [-0.2, -0.15) is 5.10 Å². The number of hydrogen-bond acceptors (Lipinski definition) is 3. The van der Waals surface area contributed by atoms with Crippen LogP contribution in [0.5, 0.6) is 0 Å². The quantitative estimate of drug-likeness (QED) is 0.607. The molecule has 0 radical (unpaired) electrons. The summed E-state index contributed by atoms with van der Waals surface area (Å²) in [5.41, 5.74) is 1.85. The predicted octanol–water partition coefficient (Wildman–Crippen LogP) is 4.14. The first-order chi connectivity index (χ1) is 12.4. The largest absolute Gasteiger partial charge is 0.300 e. The molecule has 7 heteroatoms. The summed E-state index contributed by atoms with van der Waals surface area (Å²) in [6.45, 7) is 3.51. The highest BCUT2D eigenvalue weighted by molar-refractivity contribution is 7.71. The van der Waals surface area contributed by atoms with Crippen LogP contribution in [0.3, 0.4) is 0 Å². The van der Waals surface area contributed by atoms with Gasteiger partial charge >= 0.3 is 0 Å². The summed E-state index contributed by atoms with van der Waals surface area (Å²) >= 11 is 5.56. The molecule has 2 aromatic carbocycles. The van der Waals surface area contributed by atoms with Gasteiger partial charge in [-0.3, -0.25) is 9.47 Å². The summed E-state index contributed by atoms with van der Waals surface area (Å²) in [7, 11) is 1.88. The topological polar surface area (TPSA) is 26.0 Å². The van der Waals surface area contributed by atoms with Crippen LogP contribution in [-0.4, -0.2) is 26.3 Å². The Labute approximate surface area is 156 Å². The second-order valence-electron chi connectivity index (χ2n) is 6.31. The van der Waals surface area contributed by atoms with Gasteiger partial charge in [0, 0.05) is 6.54 Å². The fourth-order valence-corrected chi connectivity index (χ4v) is 3.11. The first-order valence-electron chi connectivity index (χ1n) is 8.24. The van der Waals surface area contributed by atoms with E-state index in [2.05, 4.69) is 5.10 Å². The minimum atomic E-state index is -0.839. The molecule has 0 saturated heterocycles. The number of rotatable bonds is 6. The molecule has 1 aromatic heterocycles. The lowest BCUT2D eigenvalue weighted by Crippen LogP contribution is -2.22. The van der Waals surface area contributed by atoms with E-state index < -0.39 is 11.6 Å². The zero-order valence-electron chi connectivity index (χ0n) is 14.7. The number of nitrogens with zero attached hydrogens (tertiary/aromatic N) is 4. The van der Waals surface area contributed by atoms with Crippen molar-refractivity contribution in [2.45, 2.75) is 26.7 Å². The molecule has 0 unspecified atom stereocenters. The van der Waals surface area contributed by atoms with Crippen molar-refractivity contribution in [2.75, 3.05) is 7.05 Å². The zero-order chi connectivity index (χ0) is 18.7. The average molecular weight is 374 g/mol. The van der Waals surface area contributed by atoms with Crippen molar-refractivity contribution >= 4 is 12.2 Å². The van der Waals surface area contributed by atoms with Gasteiger partial charge in [0.05, 0.1) is 13.2 Å². The van der Waals surface area contributed by atoms with Gasteiger partial charge in [0.1, 0.15) is 5.82 Å². The summed E-state index contributed by atoms with van der Waals surface area (Å²) < 4.78 is 30.7. The summed E-state index contributed by atoms with van der Waals surface area (Å²) in [6, 6.07) is 14.0. The Kier molecular flexibility index (Phi) is 5.58. The van der Waals surface area contributed by atoms with Crippen molar-refractivity contribution in [3.8, 4) is 0 Å². The second-order valence-corrected chi connectivity index (χ2v) is 6.67. The Balaban J connectivity index is 1.72. The first-order valence-corrected chi connectivity index (χ1v) is 8.65. The highest BCUT2D eigenvalue weighted by Gasteiger charge is 2.11. The summed E-state index contributed by atoms with van der Waals surface area (Å²) in [5, 5.41) is 4.52. The molecule has 0 aliphatic heterocycles. The van der Waals surface area contributed by atoms with E-state index in [9.17, 15) is 8.78 Å². The van der Waals surface area contributed by atoms with Crippen molar-refractivity contribution in [3.63, 3.8) is 0 Å². The van der Waals surface area contributed by atoms with Crippen LogP contribution in [0.2, 0.25) is 0 Å². The fraction of sp³-hybridized carbons (Fsp3) is 0.263. The summed E-state index contributed by atoms with van der Waals surface area (Å²) in [4.78, 5) is 1.95. The SMILES string of the molecule is Cc1nn(CN(C)Cc2ccc(F)c(F)c2)c(=S)n1Cc1ccccc1. The van der Waals surface area contributed by atoms with Gasteiger partial charge in [0.25, 0.3) is 0 Å². The molecule has 0 atom stereocenters. The monoisotopic (exact) mass is 374 g/mol. The molecule has 0 fully saturated rings. The Bertz CT molecular complexity index is 950. The lowest BCUT2D eigenvalue weighted by atomic mass is 10.2. The number of aromatic nitrogens is 3. The van der Waals surface area contributed by atoms with Crippen LogP contribution in [0, 0.1) is 23.3 Å². The van der Waals surface area contributed by atoms with Gasteiger partial charge in [-0.15, -0.1) is 0 Å². The molecule has 1 heterocycles. The zero-order valence-corrected chi connectivity index (χ0v) is 15.5. The third kappa shape index (κ3) is 4.23. The van der Waals surface area contributed by atoms with Crippen molar-refractivity contribution in [1.29, 1.82) is 0 Å². The fourth-order valence-electron chi connectivity index (χ4n) is 2.82. The standard InChI is InChI=1S/C19H20F2N4S/c1-14-22-25(19(26)24(14)12-15-6-4-3-5-7-15)13-23(2)11-16-8-9-17(20)18(21)10-16/h3-10H,11-13H2,1-2H3. The van der Waals surface area contributed by atoms with E-state index in [1.807, 2.05) is 53.8 Å². The van der Waals surface area contributed by atoms with Gasteiger partial charge < -0.3 is 0 Å². The van der Waals surface area contributed by atoms with E-state index in [4.69, 9.17) is 12.2 Å². The van der Waals surface area contributed by atoms with Gasteiger partial charge in [-0.05, 0) is 49.4 Å². The maximum atomic E-state index is 13.4. The molecule has 0 aliphatic carbocycles. The number of hydrogen-bond donors (Lipinski definition) is 0. The van der Waals surface area contributed by atoms with Gasteiger partial charge in [0.15, 0.2) is 16.4 Å². The van der Waals surface area contributed by atoms with E-state index >= 15 is 0 Å². The lowest BCUT2D eigenvalue weighted by molar-refractivity contribution is 0.243. The van der Waals surface area contributed by atoms with E-state index in [1.165, 1.54) is 6.07 Å². The van der Waals surface area contributed by atoms with E-state index in [-0.39, 0.29) is 0 Å². The molecule has 136 valence electrons. The van der Waals surface area contributed by atoms with Crippen LogP contribution in [0.15, 0.2) is 48.5 Å². The van der Waals surface area contributed by atoms with Crippen LogP contribution >= 0.6 is 12.2 Å². The summed E-state index contributed by atoms with van der Waals surface area (Å²) in [6.07, 6.45) is 0. The van der Waals surface area contributed by atoms with Crippen LogP contribution in [0.25, 0.3) is 0 Å². The Morgan fingerprint density at radius 3 is 2.46 bits per heavy atom. The molecule has 0 saturated carbocycles. The minimum absolute atomic E-state index is 0.459. The molecule has 4 nitrogen and oxygen atoms in total. The van der Waals surface area contributed by atoms with Crippen LogP contribution in [0.1, 0.15) is 17.0 Å². The predicted molar refractivity (Wildman–Crippen MR) is 99.2 cm³/mol. The minimum Gasteiger partial charge on any atom is -0.300 e. The lowest BCUT2D eigenvalue weighted by Gasteiger charge is -2.16. The Morgan fingerprint density at radius 1 is 1.04 bits per heavy atom. The van der Waals surface area contributed by atoms with Crippen molar-refractivity contribution in [3.05, 3.63) is 81.9 Å². The van der Waals surface area contributed by atoms with Gasteiger partial charge in [0.2, 0.25) is 0 Å². The van der Waals surface area contributed by atoms with Crippen molar-refractivity contribution in [2.24, 2.45) is 0 Å². The highest BCUT2D eigenvalue weighted by atomic mass is 32.1. The van der Waals surface area contributed by atoms with E-state index in [0.717, 1.165) is 17.5 Å². The molecule has 26 heavy (non-hydrogen) atoms. The number of benzene rings is 2. The third-order valence-corrected chi connectivity index (χ3v) is 4.53. The highest BCUT2D eigenvalue weighted by Crippen LogP contribution is 2.12. The molecule has 0 amide bonds. The van der Waals surface area contributed by atoms with Crippen LogP contribution < -0.4 is 0 Å². The molecule has 0 N–H and O–H groups in total. The third-order valence-electron chi connectivity index (χ3n) is 4.10. The van der Waals surface area contributed by atoms with Gasteiger partial charge in [-0.1, -0.05) is 36.4 Å². The molecule has 0 spiro atoms. The smallest absolute Gasteiger partial charge is 0.199 e. The maximum absolute atomic E-state index is 13.4. The average Bonchev–Trinajstić information content (AvgIpc) is 2.86. The van der Waals surface area contributed by atoms with E-state index in [1.54, 1.807) is 10.7 Å². The second kappa shape index (κ2) is 7.88. The van der Waals surface area contributed by atoms with Crippen LogP contribution in [-0.2, 0) is 19.8 Å². The molecule has 3 rings (SSSR count). The normalized spacial score (nSPS) is 11.3. The molecule has 0 bridgehead atoms. The van der Waals surface area contributed by atoms with Crippen molar-refractivity contribution in [1.82, 2.24) is 19.2 Å². The Hall–Kier alpha value is -2.38. The van der Waals surface area contributed by atoms with Gasteiger partial charge in [-0.25, -0.2) is 13.5 Å². The maximum Gasteiger partial charge on any atom is 0.199 e. The van der Waals surface area contributed by atoms with E-state index in [0.29, 0.717) is 30.1 Å². The Morgan fingerprint density at radius 2 is 1.77 bits per heavy atom. The molecular weight excluding hydrogens is 354 g/mol. The molecular formula is C19H20F2N4S. The number of aryl methyl sites for hydroxylation is 1. The number of halogens is 2.